The van der Waals surface area contributed by atoms with Gasteiger partial charge >= 0.3 is 0 Å². The third-order valence-corrected chi connectivity index (χ3v) is 3.92. The quantitative estimate of drug-likeness (QED) is 0.585. The van der Waals surface area contributed by atoms with Crippen LogP contribution in [0.4, 0.5) is 5.69 Å². The van der Waals surface area contributed by atoms with Gasteiger partial charge in [-0.2, -0.15) is 0 Å². The number of oxazole rings is 1. The second kappa shape index (κ2) is 6.37. The summed E-state index contributed by atoms with van der Waals surface area (Å²) in [6.45, 7) is 5.61. The largest absolute Gasteiger partial charge is 0.441 e. The number of carbonyl (C=O) groups is 1. The first-order chi connectivity index (χ1) is 11.0. The molecule has 2 heterocycles. The summed E-state index contributed by atoms with van der Waals surface area (Å²) in [5, 5.41) is 3.45. The zero-order chi connectivity index (χ0) is 16.4. The fourth-order valence-corrected chi connectivity index (χ4v) is 2.95. The highest BCUT2D eigenvalue weighted by Crippen LogP contribution is 2.20. The van der Waals surface area contributed by atoms with E-state index in [0.717, 1.165) is 16.9 Å². The standard InChI is InChI=1S/C16H16N4O2S/c1-9-6-10(2)18-16(17-9)23-8-15(21)20-12-4-5-13-14(7-12)22-11(3)19-13/h4-7H,8H2,1-3H3,(H,20,21). The van der Waals surface area contributed by atoms with Crippen molar-refractivity contribution in [1.82, 2.24) is 15.0 Å². The van der Waals surface area contributed by atoms with E-state index in [2.05, 4.69) is 20.3 Å². The van der Waals surface area contributed by atoms with Crippen molar-refractivity contribution in [2.24, 2.45) is 0 Å². The van der Waals surface area contributed by atoms with Gasteiger partial charge in [0.2, 0.25) is 5.91 Å². The molecule has 0 unspecified atom stereocenters. The van der Waals surface area contributed by atoms with E-state index in [-0.39, 0.29) is 11.7 Å². The number of nitrogens with zero attached hydrogens (tertiary/aromatic N) is 3. The summed E-state index contributed by atoms with van der Waals surface area (Å²) in [6.07, 6.45) is 0. The normalized spacial score (nSPS) is 10.9. The highest BCUT2D eigenvalue weighted by atomic mass is 32.2. The smallest absolute Gasteiger partial charge is 0.234 e. The molecule has 23 heavy (non-hydrogen) atoms. The van der Waals surface area contributed by atoms with Crippen LogP contribution in [-0.4, -0.2) is 26.6 Å². The van der Waals surface area contributed by atoms with Gasteiger partial charge in [0.05, 0.1) is 5.75 Å². The van der Waals surface area contributed by atoms with E-state index in [9.17, 15) is 4.79 Å². The minimum absolute atomic E-state index is 0.117. The number of rotatable bonds is 4. The molecular formula is C16H16N4O2S. The summed E-state index contributed by atoms with van der Waals surface area (Å²) in [6, 6.07) is 7.30. The van der Waals surface area contributed by atoms with Gasteiger partial charge in [-0.3, -0.25) is 4.79 Å². The molecule has 118 valence electrons. The first kappa shape index (κ1) is 15.5. The zero-order valence-corrected chi connectivity index (χ0v) is 13.9. The lowest BCUT2D eigenvalue weighted by molar-refractivity contribution is -0.113. The van der Waals surface area contributed by atoms with E-state index < -0.39 is 0 Å². The number of aromatic nitrogens is 3. The average Bonchev–Trinajstić information content (AvgIpc) is 2.83. The van der Waals surface area contributed by atoms with Gasteiger partial charge in [0.25, 0.3) is 0 Å². The molecule has 0 aliphatic heterocycles. The Balaban J connectivity index is 1.63. The van der Waals surface area contributed by atoms with Crippen LogP contribution in [0.2, 0.25) is 0 Å². The fraction of sp³-hybridized carbons (Fsp3) is 0.250. The maximum absolute atomic E-state index is 12.1. The lowest BCUT2D eigenvalue weighted by Gasteiger charge is -2.05. The number of fused-ring (bicyclic) bond motifs is 1. The van der Waals surface area contributed by atoms with Crippen molar-refractivity contribution in [1.29, 1.82) is 0 Å². The number of anilines is 1. The SMILES string of the molecule is Cc1cc(C)nc(SCC(=O)Nc2ccc3nc(C)oc3c2)n1. The van der Waals surface area contributed by atoms with Crippen LogP contribution >= 0.6 is 11.8 Å². The number of benzene rings is 1. The van der Waals surface area contributed by atoms with Gasteiger partial charge in [0.1, 0.15) is 5.52 Å². The van der Waals surface area contributed by atoms with Gasteiger partial charge in [-0.15, -0.1) is 0 Å². The molecule has 2 aromatic heterocycles. The number of thioether (sulfide) groups is 1. The topological polar surface area (TPSA) is 80.9 Å². The van der Waals surface area contributed by atoms with Gasteiger partial charge in [-0.05, 0) is 32.0 Å². The van der Waals surface area contributed by atoms with Crippen molar-refractivity contribution in [2.75, 3.05) is 11.1 Å². The Labute approximate surface area is 137 Å². The van der Waals surface area contributed by atoms with Gasteiger partial charge in [0.15, 0.2) is 16.6 Å². The summed E-state index contributed by atoms with van der Waals surface area (Å²) in [4.78, 5) is 24.9. The first-order valence-corrected chi connectivity index (χ1v) is 8.10. The maximum Gasteiger partial charge on any atom is 0.234 e. The van der Waals surface area contributed by atoms with Crippen LogP contribution in [0.25, 0.3) is 11.1 Å². The van der Waals surface area contributed by atoms with Crippen molar-refractivity contribution in [3.05, 3.63) is 41.5 Å². The molecule has 0 spiro atoms. The molecule has 7 heteroatoms. The van der Waals surface area contributed by atoms with Gasteiger partial charge in [-0.25, -0.2) is 15.0 Å². The van der Waals surface area contributed by atoms with E-state index in [4.69, 9.17) is 4.42 Å². The van der Waals surface area contributed by atoms with Gasteiger partial charge in [0, 0.05) is 30.1 Å². The van der Waals surface area contributed by atoms with E-state index in [0.29, 0.717) is 22.3 Å². The highest BCUT2D eigenvalue weighted by Gasteiger charge is 2.08. The Kier molecular flexibility index (Phi) is 4.29. The monoisotopic (exact) mass is 328 g/mol. The predicted molar refractivity (Wildman–Crippen MR) is 89.6 cm³/mol. The molecule has 1 N–H and O–H groups in total. The van der Waals surface area contributed by atoms with Crippen molar-refractivity contribution in [3.8, 4) is 0 Å². The number of nitrogens with one attached hydrogen (secondary N) is 1. The van der Waals surface area contributed by atoms with Crippen molar-refractivity contribution in [2.45, 2.75) is 25.9 Å². The molecule has 0 atom stereocenters. The van der Waals surface area contributed by atoms with Crippen molar-refractivity contribution >= 4 is 34.5 Å². The van der Waals surface area contributed by atoms with E-state index in [1.165, 1.54) is 11.8 Å². The Morgan fingerprint density at radius 3 is 2.61 bits per heavy atom. The number of carbonyl (C=O) groups excluding carboxylic acids is 1. The average molecular weight is 328 g/mol. The molecular weight excluding hydrogens is 312 g/mol. The second-order valence-electron chi connectivity index (χ2n) is 5.19. The third-order valence-electron chi connectivity index (χ3n) is 3.07. The zero-order valence-electron chi connectivity index (χ0n) is 13.1. The molecule has 0 saturated carbocycles. The van der Waals surface area contributed by atoms with Gasteiger partial charge < -0.3 is 9.73 Å². The van der Waals surface area contributed by atoms with E-state index in [1.807, 2.05) is 26.0 Å². The molecule has 3 rings (SSSR count). The maximum atomic E-state index is 12.1. The van der Waals surface area contributed by atoms with Crippen LogP contribution in [0.15, 0.2) is 33.8 Å². The highest BCUT2D eigenvalue weighted by molar-refractivity contribution is 7.99. The fourth-order valence-electron chi connectivity index (χ4n) is 2.20. The van der Waals surface area contributed by atoms with Gasteiger partial charge in [-0.1, -0.05) is 11.8 Å². The number of amides is 1. The summed E-state index contributed by atoms with van der Waals surface area (Å²) in [5.41, 5.74) is 3.91. The summed E-state index contributed by atoms with van der Waals surface area (Å²) >= 11 is 1.31. The molecule has 1 amide bonds. The second-order valence-corrected chi connectivity index (χ2v) is 6.13. The van der Waals surface area contributed by atoms with Crippen LogP contribution in [0.5, 0.6) is 0 Å². The minimum Gasteiger partial charge on any atom is -0.441 e. The summed E-state index contributed by atoms with van der Waals surface area (Å²) in [7, 11) is 0. The van der Waals surface area contributed by atoms with Crippen molar-refractivity contribution in [3.63, 3.8) is 0 Å². The predicted octanol–water partition coefficient (Wildman–Crippen LogP) is 3.27. The molecule has 0 fully saturated rings. The molecule has 0 bridgehead atoms. The van der Waals surface area contributed by atoms with Crippen LogP contribution in [0.1, 0.15) is 17.3 Å². The number of hydrogen-bond donors (Lipinski definition) is 1. The molecule has 3 aromatic rings. The lowest BCUT2D eigenvalue weighted by atomic mass is 10.3. The summed E-state index contributed by atoms with van der Waals surface area (Å²) < 4.78 is 5.46. The van der Waals surface area contributed by atoms with E-state index >= 15 is 0 Å². The molecule has 6 nitrogen and oxygen atoms in total. The van der Waals surface area contributed by atoms with Crippen LogP contribution < -0.4 is 5.32 Å². The van der Waals surface area contributed by atoms with Crippen LogP contribution in [-0.2, 0) is 4.79 Å². The number of hydrogen-bond acceptors (Lipinski definition) is 6. The molecule has 0 saturated heterocycles. The minimum atomic E-state index is -0.117. The first-order valence-electron chi connectivity index (χ1n) is 7.12. The molecule has 1 aromatic carbocycles. The number of aryl methyl sites for hydroxylation is 3. The summed E-state index contributed by atoms with van der Waals surface area (Å²) in [5.74, 6) is 0.732. The lowest BCUT2D eigenvalue weighted by Crippen LogP contribution is -2.14. The van der Waals surface area contributed by atoms with Crippen molar-refractivity contribution < 1.29 is 9.21 Å². The Morgan fingerprint density at radius 1 is 1.13 bits per heavy atom. The molecule has 0 aliphatic rings. The van der Waals surface area contributed by atoms with Crippen LogP contribution in [0.3, 0.4) is 0 Å². The molecule has 0 aliphatic carbocycles. The Hall–Kier alpha value is -2.41. The Morgan fingerprint density at radius 2 is 1.87 bits per heavy atom. The third kappa shape index (κ3) is 3.87. The van der Waals surface area contributed by atoms with E-state index in [1.54, 1.807) is 19.1 Å². The molecule has 0 radical (unpaired) electrons. The van der Waals surface area contributed by atoms with Crippen LogP contribution in [0, 0.1) is 20.8 Å². The Bertz CT molecular complexity index is 855.